The summed E-state index contributed by atoms with van der Waals surface area (Å²) in [5.74, 6) is -0.513. The minimum Gasteiger partial charge on any atom is -0.320 e. The van der Waals surface area contributed by atoms with Crippen LogP contribution in [-0.2, 0) is 6.42 Å². The Balaban J connectivity index is 2.14. The van der Waals surface area contributed by atoms with Crippen molar-refractivity contribution in [3.05, 3.63) is 31.9 Å². The molecule has 7 heteroatoms. The molecule has 1 N–H and O–H groups in total. The van der Waals surface area contributed by atoms with Crippen LogP contribution in [0.15, 0.2) is 11.4 Å². The van der Waals surface area contributed by atoms with E-state index in [1.165, 1.54) is 0 Å². The van der Waals surface area contributed by atoms with Gasteiger partial charge in [-0.3, -0.25) is 4.79 Å². The number of alkyl halides is 2. The molecule has 0 unspecified atom stereocenters. The first-order valence-electron chi connectivity index (χ1n) is 7.30. The fourth-order valence-electron chi connectivity index (χ4n) is 2.07. The predicted molar refractivity (Wildman–Crippen MR) is 91.9 cm³/mol. The first-order valence-corrected chi connectivity index (χ1v) is 9.00. The molecule has 0 radical (unpaired) electrons. The van der Waals surface area contributed by atoms with Gasteiger partial charge >= 0.3 is 0 Å². The van der Waals surface area contributed by atoms with Gasteiger partial charge in [-0.05, 0) is 36.6 Å². The van der Waals surface area contributed by atoms with Crippen molar-refractivity contribution in [3.63, 3.8) is 0 Å². The SMILES string of the molecule is Cc1nc(C(F)F)c(C(=O)Nc2ccsc2CCC(C)(C)C)s1. The Labute approximate surface area is 142 Å². The molecular formula is C16H20F2N2OS2. The van der Waals surface area contributed by atoms with E-state index < -0.39 is 18.0 Å². The number of nitrogens with one attached hydrogen (secondary N) is 1. The van der Waals surface area contributed by atoms with Crippen LogP contribution in [0.3, 0.4) is 0 Å². The molecule has 0 aliphatic heterocycles. The Bertz CT molecular complexity index is 687. The first kappa shape index (κ1) is 18.0. The Kier molecular flexibility index (Phi) is 5.52. The molecule has 0 saturated heterocycles. The molecule has 0 spiro atoms. The maximum Gasteiger partial charge on any atom is 0.282 e. The van der Waals surface area contributed by atoms with Gasteiger partial charge in [-0.1, -0.05) is 20.8 Å². The number of thiazole rings is 1. The number of halogens is 2. The van der Waals surface area contributed by atoms with Gasteiger partial charge in [0.25, 0.3) is 12.3 Å². The topological polar surface area (TPSA) is 42.0 Å². The molecule has 0 atom stereocenters. The highest BCUT2D eigenvalue weighted by Gasteiger charge is 2.24. The van der Waals surface area contributed by atoms with Crippen molar-refractivity contribution in [2.75, 3.05) is 5.32 Å². The average molecular weight is 358 g/mol. The van der Waals surface area contributed by atoms with Crippen molar-refractivity contribution < 1.29 is 13.6 Å². The molecule has 126 valence electrons. The number of hydrogen-bond donors (Lipinski definition) is 1. The van der Waals surface area contributed by atoms with Crippen molar-refractivity contribution >= 4 is 34.3 Å². The maximum atomic E-state index is 13.0. The summed E-state index contributed by atoms with van der Waals surface area (Å²) in [6, 6.07) is 1.82. The molecule has 0 aromatic carbocycles. The minimum atomic E-state index is -2.75. The van der Waals surface area contributed by atoms with Crippen LogP contribution < -0.4 is 5.32 Å². The number of aromatic nitrogens is 1. The largest absolute Gasteiger partial charge is 0.320 e. The molecule has 0 aliphatic carbocycles. The van der Waals surface area contributed by atoms with Gasteiger partial charge in [0.05, 0.1) is 10.7 Å². The van der Waals surface area contributed by atoms with Crippen LogP contribution in [0.4, 0.5) is 14.5 Å². The highest BCUT2D eigenvalue weighted by molar-refractivity contribution is 7.14. The second kappa shape index (κ2) is 7.05. The molecule has 0 saturated carbocycles. The number of thiophene rings is 1. The molecule has 0 aliphatic rings. The van der Waals surface area contributed by atoms with Crippen molar-refractivity contribution in [2.45, 2.75) is 47.0 Å². The van der Waals surface area contributed by atoms with Crippen LogP contribution in [0.5, 0.6) is 0 Å². The third-order valence-electron chi connectivity index (χ3n) is 3.27. The lowest BCUT2D eigenvalue weighted by atomic mass is 9.90. The molecule has 3 nitrogen and oxygen atoms in total. The van der Waals surface area contributed by atoms with Crippen molar-refractivity contribution in [3.8, 4) is 0 Å². The lowest BCUT2D eigenvalue weighted by molar-refractivity contribution is 0.101. The number of rotatable bonds is 5. The smallest absolute Gasteiger partial charge is 0.282 e. The van der Waals surface area contributed by atoms with Gasteiger partial charge in [0.2, 0.25) is 0 Å². The zero-order valence-electron chi connectivity index (χ0n) is 13.6. The highest BCUT2D eigenvalue weighted by atomic mass is 32.1. The quantitative estimate of drug-likeness (QED) is 0.747. The summed E-state index contributed by atoms with van der Waals surface area (Å²) in [6.07, 6.45) is -0.915. The van der Waals surface area contributed by atoms with E-state index in [0.29, 0.717) is 10.7 Å². The minimum absolute atomic E-state index is 0.00882. The summed E-state index contributed by atoms with van der Waals surface area (Å²) in [5, 5.41) is 5.12. The Morgan fingerprint density at radius 3 is 2.70 bits per heavy atom. The van der Waals surface area contributed by atoms with E-state index in [2.05, 4.69) is 31.1 Å². The van der Waals surface area contributed by atoms with Gasteiger partial charge in [0.15, 0.2) is 0 Å². The molecule has 2 aromatic heterocycles. The maximum absolute atomic E-state index is 13.0. The summed E-state index contributed by atoms with van der Waals surface area (Å²) in [5.41, 5.74) is 0.468. The second-order valence-electron chi connectivity index (χ2n) is 6.52. The molecule has 2 aromatic rings. The van der Waals surface area contributed by atoms with Gasteiger partial charge < -0.3 is 5.32 Å². The number of hydrogen-bond acceptors (Lipinski definition) is 4. The van der Waals surface area contributed by atoms with Crippen LogP contribution in [0.2, 0.25) is 0 Å². The summed E-state index contributed by atoms with van der Waals surface area (Å²) in [7, 11) is 0. The summed E-state index contributed by atoms with van der Waals surface area (Å²) in [4.78, 5) is 17.2. The lowest BCUT2D eigenvalue weighted by Gasteiger charge is -2.17. The summed E-state index contributed by atoms with van der Waals surface area (Å²) in [6.45, 7) is 8.10. The monoisotopic (exact) mass is 358 g/mol. The first-order chi connectivity index (χ1) is 10.7. The number of nitrogens with zero attached hydrogens (tertiary/aromatic N) is 1. The predicted octanol–water partition coefficient (Wildman–Crippen LogP) is 5.68. The number of amides is 1. The van der Waals surface area contributed by atoms with E-state index in [1.807, 2.05) is 11.4 Å². The van der Waals surface area contributed by atoms with Crippen molar-refractivity contribution in [2.24, 2.45) is 5.41 Å². The van der Waals surface area contributed by atoms with Gasteiger partial charge in [0.1, 0.15) is 10.6 Å². The fourth-order valence-corrected chi connectivity index (χ4v) is 3.72. The number of carbonyl (C=O) groups excluding carboxylic acids is 1. The molecule has 2 heterocycles. The van der Waals surface area contributed by atoms with E-state index >= 15 is 0 Å². The van der Waals surface area contributed by atoms with E-state index in [0.717, 1.165) is 29.1 Å². The van der Waals surface area contributed by atoms with Gasteiger partial charge in [-0.25, -0.2) is 13.8 Å². The molecule has 1 amide bonds. The standard InChI is InChI=1S/C16H20F2N2OS2/c1-9-19-12(14(17)18)13(23-9)15(21)20-10-6-8-22-11(10)5-7-16(2,3)4/h6,8,14H,5,7H2,1-4H3,(H,20,21). The van der Waals surface area contributed by atoms with Gasteiger partial charge in [-0.15, -0.1) is 22.7 Å². The third-order valence-corrected chi connectivity index (χ3v) is 5.23. The van der Waals surface area contributed by atoms with E-state index in [1.54, 1.807) is 18.3 Å². The Morgan fingerprint density at radius 2 is 2.09 bits per heavy atom. The fraction of sp³-hybridized carbons (Fsp3) is 0.500. The van der Waals surface area contributed by atoms with Crippen LogP contribution in [0.1, 0.15) is 58.9 Å². The van der Waals surface area contributed by atoms with Crippen LogP contribution in [-0.4, -0.2) is 10.9 Å². The number of anilines is 1. The Hall–Kier alpha value is -1.34. The highest BCUT2D eigenvalue weighted by Crippen LogP contribution is 2.31. The molecule has 0 bridgehead atoms. The second-order valence-corrected chi connectivity index (χ2v) is 8.72. The van der Waals surface area contributed by atoms with E-state index in [9.17, 15) is 13.6 Å². The van der Waals surface area contributed by atoms with Crippen LogP contribution in [0, 0.1) is 12.3 Å². The van der Waals surface area contributed by atoms with Crippen LogP contribution >= 0.6 is 22.7 Å². The third kappa shape index (κ3) is 4.81. The molecular weight excluding hydrogens is 338 g/mol. The Morgan fingerprint density at radius 1 is 1.39 bits per heavy atom. The van der Waals surface area contributed by atoms with Crippen molar-refractivity contribution in [1.82, 2.24) is 4.98 Å². The number of aryl methyl sites for hydroxylation is 2. The average Bonchev–Trinajstić information content (AvgIpc) is 3.02. The zero-order chi connectivity index (χ0) is 17.2. The van der Waals surface area contributed by atoms with Gasteiger partial charge in [0, 0.05) is 4.88 Å². The molecule has 23 heavy (non-hydrogen) atoms. The lowest BCUT2D eigenvalue weighted by Crippen LogP contribution is -2.14. The zero-order valence-corrected chi connectivity index (χ0v) is 15.2. The normalized spacial score (nSPS) is 12.0. The van der Waals surface area contributed by atoms with Crippen molar-refractivity contribution in [1.29, 1.82) is 0 Å². The van der Waals surface area contributed by atoms with E-state index in [-0.39, 0.29) is 10.3 Å². The molecule has 0 fully saturated rings. The number of carbonyl (C=O) groups is 1. The van der Waals surface area contributed by atoms with Crippen LogP contribution in [0.25, 0.3) is 0 Å². The summed E-state index contributed by atoms with van der Waals surface area (Å²) < 4.78 is 26.0. The van der Waals surface area contributed by atoms with Gasteiger partial charge in [-0.2, -0.15) is 0 Å². The molecule has 2 rings (SSSR count). The van der Waals surface area contributed by atoms with E-state index in [4.69, 9.17) is 0 Å². The summed E-state index contributed by atoms with van der Waals surface area (Å²) >= 11 is 2.56.